The molecule has 0 aromatic carbocycles. The number of amides is 2. The third-order valence-electron chi connectivity index (χ3n) is 6.79. The smallest absolute Gasteiger partial charge is 0.311 e. The summed E-state index contributed by atoms with van der Waals surface area (Å²) in [5.74, 6) is -1.78. The highest BCUT2D eigenvalue weighted by Gasteiger charge is 2.70. The molecule has 4 aliphatic heterocycles. The molecule has 0 saturated carbocycles. The van der Waals surface area contributed by atoms with E-state index in [2.05, 4.69) is 6.92 Å². The second kappa shape index (κ2) is 9.36. The van der Waals surface area contributed by atoms with Gasteiger partial charge in [0.05, 0.1) is 23.2 Å². The van der Waals surface area contributed by atoms with E-state index in [1.165, 1.54) is 0 Å². The van der Waals surface area contributed by atoms with Crippen LogP contribution < -0.4 is 0 Å². The van der Waals surface area contributed by atoms with Gasteiger partial charge < -0.3 is 19.6 Å². The topological polar surface area (TPSA) is 87.2 Å². The van der Waals surface area contributed by atoms with E-state index in [1.807, 2.05) is 29.2 Å². The number of aliphatic hydroxyl groups excluding tert-OH is 1. The van der Waals surface area contributed by atoms with Crippen LogP contribution in [0.4, 0.5) is 0 Å². The number of cyclic esters (lactones) is 1. The van der Waals surface area contributed by atoms with Crippen molar-refractivity contribution in [2.75, 3.05) is 32.8 Å². The van der Waals surface area contributed by atoms with Crippen LogP contribution >= 0.6 is 11.8 Å². The quantitative estimate of drug-likeness (QED) is 0.363. The summed E-state index contributed by atoms with van der Waals surface area (Å²) in [6.07, 6.45) is 12.2. The number of likely N-dealkylation sites (tertiary alicyclic amines) is 1. The molecule has 1 spiro atoms. The van der Waals surface area contributed by atoms with Crippen molar-refractivity contribution in [1.82, 2.24) is 9.80 Å². The predicted octanol–water partition coefficient (Wildman–Crippen LogP) is 1.76. The first-order valence-electron chi connectivity index (χ1n) is 11.4. The summed E-state index contributed by atoms with van der Waals surface area (Å²) in [7, 11) is 0. The molecule has 8 heteroatoms. The van der Waals surface area contributed by atoms with Gasteiger partial charge in [0, 0.05) is 31.5 Å². The second-order valence-electron chi connectivity index (χ2n) is 8.73. The first kappa shape index (κ1) is 22.4. The maximum Gasteiger partial charge on any atom is 0.311 e. The molecule has 7 nitrogen and oxygen atoms in total. The number of rotatable bonds is 7. The van der Waals surface area contributed by atoms with Crippen molar-refractivity contribution in [3.8, 4) is 0 Å². The van der Waals surface area contributed by atoms with Gasteiger partial charge in [-0.25, -0.2) is 0 Å². The largest absolute Gasteiger partial charge is 0.465 e. The first-order valence-corrected chi connectivity index (χ1v) is 12.3. The number of thioether (sulfide) groups is 1. The number of fused-ring (bicyclic) bond motifs is 2. The molecule has 5 atom stereocenters. The Hall–Kier alpha value is -1.80. The number of aliphatic hydroxyl groups is 1. The van der Waals surface area contributed by atoms with Crippen LogP contribution in [-0.4, -0.2) is 81.6 Å². The van der Waals surface area contributed by atoms with Crippen molar-refractivity contribution in [3.05, 3.63) is 24.3 Å². The normalized spacial score (nSPS) is 34.7. The minimum atomic E-state index is -0.786. The zero-order valence-corrected chi connectivity index (χ0v) is 18.9. The number of nitrogens with zero attached hydrogens (tertiary/aromatic N) is 2. The molecule has 1 unspecified atom stereocenters. The van der Waals surface area contributed by atoms with Crippen LogP contribution in [0.15, 0.2) is 24.3 Å². The Morgan fingerprint density at radius 2 is 2.00 bits per heavy atom. The van der Waals surface area contributed by atoms with Gasteiger partial charge in [-0.15, -0.1) is 11.8 Å². The summed E-state index contributed by atoms with van der Waals surface area (Å²) in [6, 6.07) is -0.656. The molecule has 0 radical (unpaired) electrons. The molecule has 2 saturated heterocycles. The average molecular weight is 449 g/mol. The van der Waals surface area contributed by atoms with Crippen LogP contribution in [-0.2, 0) is 19.1 Å². The zero-order chi connectivity index (χ0) is 22.0. The van der Waals surface area contributed by atoms with Crippen LogP contribution in [0.25, 0.3) is 0 Å². The molecule has 4 rings (SSSR count). The van der Waals surface area contributed by atoms with E-state index in [-0.39, 0.29) is 29.6 Å². The maximum atomic E-state index is 13.8. The highest BCUT2D eigenvalue weighted by atomic mass is 32.2. The molecular formula is C23H32N2O5S. The molecule has 1 N–H and O–H groups in total. The second-order valence-corrected chi connectivity index (χ2v) is 10.2. The van der Waals surface area contributed by atoms with E-state index >= 15 is 0 Å². The van der Waals surface area contributed by atoms with Crippen molar-refractivity contribution in [1.29, 1.82) is 0 Å². The molecule has 4 aliphatic rings. The number of ether oxygens (including phenoxy) is 1. The van der Waals surface area contributed by atoms with E-state index in [9.17, 15) is 19.5 Å². The SMILES string of the molecule is CCCCCN1CC=C[C@]23S[C@H]4C=CCCOC(=O)[C@H]4[C@H]2C(=O)N(CCCO)C3C1=O. The van der Waals surface area contributed by atoms with Gasteiger partial charge >= 0.3 is 5.97 Å². The first-order chi connectivity index (χ1) is 15.0. The van der Waals surface area contributed by atoms with Gasteiger partial charge in [0.15, 0.2) is 0 Å². The third kappa shape index (κ3) is 3.82. The van der Waals surface area contributed by atoms with Gasteiger partial charge in [-0.3, -0.25) is 14.4 Å². The van der Waals surface area contributed by atoms with E-state index in [0.29, 0.717) is 39.1 Å². The number of carbonyl (C=O) groups is 3. The molecule has 4 heterocycles. The Kier molecular flexibility index (Phi) is 6.77. The third-order valence-corrected chi connectivity index (χ3v) is 8.54. The van der Waals surface area contributed by atoms with Crippen LogP contribution in [0.2, 0.25) is 0 Å². The molecule has 2 amide bonds. The van der Waals surface area contributed by atoms with Gasteiger partial charge in [-0.1, -0.05) is 44.1 Å². The van der Waals surface area contributed by atoms with Crippen molar-refractivity contribution in [3.63, 3.8) is 0 Å². The number of carbonyl (C=O) groups excluding carboxylic acids is 3. The van der Waals surface area contributed by atoms with E-state index < -0.39 is 22.6 Å². The van der Waals surface area contributed by atoms with Crippen molar-refractivity contribution >= 4 is 29.5 Å². The van der Waals surface area contributed by atoms with E-state index in [1.54, 1.807) is 16.7 Å². The Bertz CT molecular complexity index is 784. The van der Waals surface area contributed by atoms with Crippen molar-refractivity contribution in [2.24, 2.45) is 11.8 Å². The Labute approximate surface area is 187 Å². The monoisotopic (exact) mass is 448 g/mol. The van der Waals surface area contributed by atoms with Gasteiger partial charge in [0.2, 0.25) is 11.8 Å². The van der Waals surface area contributed by atoms with Gasteiger partial charge in [0.1, 0.15) is 6.04 Å². The lowest BCUT2D eigenvalue weighted by molar-refractivity contribution is -0.153. The lowest BCUT2D eigenvalue weighted by Crippen LogP contribution is -2.53. The summed E-state index contributed by atoms with van der Waals surface area (Å²) in [5.41, 5.74) is 0. The highest BCUT2D eigenvalue weighted by Crippen LogP contribution is 2.60. The number of hydrogen-bond acceptors (Lipinski definition) is 6. The predicted molar refractivity (Wildman–Crippen MR) is 118 cm³/mol. The minimum Gasteiger partial charge on any atom is -0.465 e. The Balaban J connectivity index is 1.73. The summed E-state index contributed by atoms with van der Waals surface area (Å²) in [4.78, 5) is 43.9. The van der Waals surface area contributed by atoms with Gasteiger partial charge in [-0.05, 0) is 19.3 Å². The Morgan fingerprint density at radius 1 is 1.16 bits per heavy atom. The number of hydrogen-bond donors (Lipinski definition) is 1. The van der Waals surface area contributed by atoms with Crippen molar-refractivity contribution < 1.29 is 24.2 Å². The summed E-state index contributed by atoms with van der Waals surface area (Å²) < 4.78 is 4.67. The lowest BCUT2D eigenvalue weighted by Gasteiger charge is -2.35. The van der Waals surface area contributed by atoms with Crippen LogP contribution in [0, 0.1) is 11.8 Å². The number of esters is 1. The fourth-order valence-electron chi connectivity index (χ4n) is 5.39. The molecule has 0 aromatic rings. The van der Waals surface area contributed by atoms with Gasteiger partial charge in [-0.2, -0.15) is 0 Å². The average Bonchev–Trinajstić information content (AvgIpc) is 3.12. The molecule has 0 aliphatic carbocycles. The summed E-state index contributed by atoms with van der Waals surface area (Å²) in [6.45, 7) is 3.88. The lowest BCUT2D eigenvalue weighted by atomic mass is 9.78. The molecule has 170 valence electrons. The van der Waals surface area contributed by atoms with Crippen LogP contribution in [0.5, 0.6) is 0 Å². The Morgan fingerprint density at radius 3 is 2.77 bits per heavy atom. The highest BCUT2D eigenvalue weighted by molar-refractivity contribution is 8.02. The summed E-state index contributed by atoms with van der Waals surface area (Å²) >= 11 is 1.56. The fourth-order valence-corrected chi connectivity index (χ4v) is 7.39. The molecule has 0 aromatic heterocycles. The maximum absolute atomic E-state index is 13.8. The minimum absolute atomic E-state index is 0.0472. The fraction of sp³-hybridized carbons (Fsp3) is 0.696. The van der Waals surface area contributed by atoms with E-state index in [0.717, 1.165) is 19.3 Å². The van der Waals surface area contributed by atoms with E-state index in [4.69, 9.17) is 4.74 Å². The van der Waals surface area contributed by atoms with Gasteiger partial charge in [0.25, 0.3) is 0 Å². The molecular weight excluding hydrogens is 416 g/mol. The van der Waals surface area contributed by atoms with Crippen molar-refractivity contribution in [2.45, 2.75) is 55.1 Å². The standard InChI is InChI=1S/C23H32N2O5S/c1-2-3-5-11-24-12-7-10-23-18(17-16(31-23)9-4-6-15-30-22(17)29)20(27)25(13-8-14-26)19(23)21(24)28/h4,7,9-10,16-19,26H,2-3,5-6,8,11-15H2,1H3/t16-,17+,18-,19?,23-/m0/s1. The molecule has 31 heavy (non-hydrogen) atoms. The molecule has 2 fully saturated rings. The zero-order valence-electron chi connectivity index (χ0n) is 18.1. The molecule has 0 bridgehead atoms. The summed E-state index contributed by atoms with van der Waals surface area (Å²) in [5, 5.41) is 9.20. The van der Waals surface area contributed by atoms with Crippen LogP contribution in [0.3, 0.4) is 0 Å². The van der Waals surface area contributed by atoms with Crippen LogP contribution in [0.1, 0.15) is 39.0 Å². The number of unbranched alkanes of at least 4 members (excludes halogenated alkanes) is 2.